The van der Waals surface area contributed by atoms with E-state index in [1.165, 1.54) is 10.8 Å². The van der Waals surface area contributed by atoms with Crippen molar-refractivity contribution >= 4 is 16.7 Å². The molecule has 0 bridgehead atoms. The molecule has 0 aliphatic heterocycles. The van der Waals surface area contributed by atoms with E-state index in [4.69, 9.17) is 4.74 Å². The molecule has 22 heavy (non-hydrogen) atoms. The van der Waals surface area contributed by atoms with E-state index in [9.17, 15) is 4.79 Å². The molecule has 1 fully saturated rings. The van der Waals surface area contributed by atoms with Crippen molar-refractivity contribution in [2.45, 2.75) is 52.1 Å². The van der Waals surface area contributed by atoms with Gasteiger partial charge in [0.15, 0.2) is 0 Å². The molecule has 3 rings (SSSR count). The Kier molecular flexibility index (Phi) is 3.72. The summed E-state index contributed by atoms with van der Waals surface area (Å²) in [6.07, 6.45) is 4.08. The molecule has 116 valence electrons. The lowest BCUT2D eigenvalue weighted by molar-refractivity contribution is -0.170. The summed E-state index contributed by atoms with van der Waals surface area (Å²) in [4.78, 5) is 12.4. The predicted octanol–water partition coefficient (Wildman–Crippen LogP) is 5.20. The second-order valence-corrected chi connectivity index (χ2v) is 7.40. The van der Waals surface area contributed by atoms with Gasteiger partial charge in [-0.05, 0) is 68.9 Å². The first-order chi connectivity index (χ1) is 10.4. The zero-order valence-corrected chi connectivity index (χ0v) is 13.7. The Hall–Kier alpha value is -1.83. The molecule has 1 aliphatic carbocycles. The smallest absolute Gasteiger partial charge is 0.312 e. The van der Waals surface area contributed by atoms with Gasteiger partial charge in [0.25, 0.3) is 0 Å². The fourth-order valence-corrected chi connectivity index (χ4v) is 3.20. The molecule has 2 nitrogen and oxygen atoms in total. The van der Waals surface area contributed by atoms with Gasteiger partial charge < -0.3 is 4.74 Å². The quantitative estimate of drug-likeness (QED) is 0.712. The lowest BCUT2D eigenvalue weighted by Gasteiger charge is -2.33. The van der Waals surface area contributed by atoms with Gasteiger partial charge in [0.2, 0.25) is 0 Å². The maximum absolute atomic E-state index is 12.4. The zero-order chi connectivity index (χ0) is 15.8. The van der Waals surface area contributed by atoms with Crippen LogP contribution in [0.5, 0.6) is 0 Å². The molecular weight excluding hydrogens is 272 g/mol. The lowest BCUT2D eigenvalue weighted by Crippen LogP contribution is -2.35. The van der Waals surface area contributed by atoms with Crippen molar-refractivity contribution in [3.8, 4) is 0 Å². The van der Waals surface area contributed by atoms with Crippen molar-refractivity contribution in [1.29, 1.82) is 0 Å². The maximum Gasteiger partial charge on any atom is 0.312 e. The van der Waals surface area contributed by atoms with E-state index in [0.29, 0.717) is 0 Å². The number of ether oxygens (including phenoxy) is 1. The Morgan fingerprint density at radius 1 is 1.00 bits per heavy atom. The van der Waals surface area contributed by atoms with Gasteiger partial charge in [-0.2, -0.15) is 0 Å². The van der Waals surface area contributed by atoms with Gasteiger partial charge in [-0.3, -0.25) is 4.79 Å². The van der Waals surface area contributed by atoms with Crippen LogP contribution in [0.2, 0.25) is 0 Å². The highest BCUT2D eigenvalue weighted by molar-refractivity contribution is 5.83. The number of rotatable bonds is 2. The molecule has 1 aliphatic rings. The molecule has 0 unspecified atom stereocenters. The van der Waals surface area contributed by atoms with E-state index in [2.05, 4.69) is 36.4 Å². The van der Waals surface area contributed by atoms with E-state index < -0.39 is 11.0 Å². The molecule has 2 aromatic rings. The fourth-order valence-electron chi connectivity index (χ4n) is 3.20. The number of fused-ring (bicyclic) bond motifs is 1. The third-order valence-corrected chi connectivity index (χ3v) is 4.59. The largest absolute Gasteiger partial charge is 0.454 e. The van der Waals surface area contributed by atoms with Gasteiger partial charge in [-0.25, -0.2) is 0 Å². The molecule has 0 N–H and O–H groups in total. The number of esters is 1. The highest BCUT2D eigenvalue weighted by Gasteiger charge is 2.41. The average Bonchev–Trinajstić information content (AvgIpc) is 2.95. The van der Waals surface area contributed by atoms with E-state index >= 15 is 0 Å². The Morgan fingerprint density at radius 3 is 2.27 bits per heavy atom. The fraction of sp³-hybridized carbons (Fsp3) is 0.450. The number of hydrogen-bond acceptors (Lipinski definition) is 2. The summed E-state index contributed by atoms with van der Waals surface area (Å²) < 4.78 is 6.06. The Labute approximate surface area is 132 Å². The normalized spacial score (nSPS) is 17.6. The summed E-state index contributed by atoms with van der Waals surface area (Å²) >= 11 is 0. The van der Waals surface area contributed by atoms with Crippen molar-refractivity contribution in [3.05, 3.63) is 48.0 Å². The first-order valence-corrected chi connectivity index (χ1v) is 8.13. The minimum Gasteiger partial charge on any atom is -0.454 e. The molecule has 0 aromatic heterocycles. The van der Waals surface area contributed by atoms with Crippen LogP contribution in [0.4, 0.5) is 0 Å². The standard InChI is InChI=1S/C20H24O2/c1-19(2,3)18(21)22-20(12-6-7-13-20)17-11-10-15-8-4-5-9-16(15)14-17/h4-5,8-11,14H,6-7,12-13H2,1-3H3. The molecule has 0 saturated heterocycles. The maximum atomic E-state index is 12.4. The van der Waals surface area contributed by atoms with Crippen molar-refractivity contribution in [2.24, 2.45) is 5.41 Å². The van der Waals surface area contributed by atoms with E-state index in [-0.39, 0.29) is 5.97 Å². The molecule has 0 radical (unpaired) electrons. The second kappa shape index (κ2) is 5.42. The summed E-state index contributed by atoms with van der Waals surface area (Å²) in [6, 6.07) is 14.8. The molecule has 2 heteroatoms. The molecule has 0 amide bonds. The van der Waals surface area contributed by atoms with Gasteiger partial charge in [0.1, 0.15) is 5.60 Å². The third kappa shape index (κ3) is 2.75. The van der Waals surface area contributed by atoms with Crippen LogP contribution in [0.25, 0.3) is 10.8 Å². The Balaban J connectivity index is 2.00. The van der Waals surface area contributed by atoms with Crippen LogP contribution >= 0.6 is 0 Å². The van der Waals surface area contributed by atoms with Crippen LogP contribution in [-0.4, -0.2) is 5.97 Å². The zero-order valence-electron chi connectivity index (χ0n) is 13.7. The highest BCUT2D eigenvalue weighted by Crippen LogP contribution is 2.44. The Bertz CT molecular complexity index is 688. The molecule has 0 atom stereocenters. The summed E-state index contributed by atoms with van der Waals surface area (Å²) in [7, 11) is 0. The van der Waals surface area contributed by atoms with Crippen molar-refractivity contribution in [3.63, 3.8) is 0 Å². The summed E-state index contributed by atoms with van der Waals surface area (Å²) in [5.74, 6) is -0.109. The minimum absolute atomic E-state index is 0.109. The van der Waals surface area contributed by atoms with Crippen molar-refractivity contribution in [2.75, 3.05) is 0 Å². The van der Waals surface area contributed by atoms with E-state index in [1.54, 1.807) is 0 Å². The van der Waals surface area contributed by atoms with E-state index in [0.717, 1.165) is 31.2 Å². The van der Waals surface area contributed by atoms with Crippen LogP contribution in [0, 0.1) is 5.41 Å². The Morgan fingerprint density at radius 2 is 1.64 bits per heavy atom. The predicted molar refractivity (Wildman–Crippen MR) is 89.6 cm³/mol. The van der Waals surface area contributed by atoms with Gasteiger partial charge in [-0.15, -0.1) is 0 Å². The van der Waals surface area contributed by atoms with Crippen LogP contribution in [0.15, 0.2) is 42.5 Å². The molecule has 1 saturated carbocycles. The number of hydrogen-bond donors (Lipinski definition) is 0. The minimum atomic E-state index is -0.466. The van der Waals surface area contributed by atoms with Crippen molar-refractivity contribution < 1.29 is 9.53 Å². The van der Waals surface area contributed by atoms with Crippen LogP contribution in [0.1, 0.15) is 52.0 Å². The van der Waals surface area contributed by atoms with Crippen LogP contribution < -0.4 is 0 Å². The van der Waals surface area contributed by atoms with Gasteiger partial charge in [-0.1, -0.05) is 36.4 Å². The molecule has 0 spiro atoms. The van der Waals surface area contributed by atoms with E-state index in [1.807, 2.05) is 26.8 Å². The molecule has 2 aromatic carbocycles. The molecular formula is C20H24O2. The number of carbonyl (C=O) groups excluding carboxylic acids is 1. The van der Waals surface area contributed by atoms with Crippen molar-refractivity contribution in [1.82, 2.24) is 0 Å². The number of carbonyl (C=O) groups is 1. The SMILES string of the molecule is CC(C)(C)C(=O)OC1(c2ccc3ccccc3c2)CCCC1. The lowest BCUT2D eigenvalue weighted by atomic mass is 9.89. The van der Waals surface area contributed by atoms with Gasteiger partial charge >= 0.3 is 5.97 Å². The topological polar surface area (TPSA) is 26.3 Å². The molecule has 0 heterocycles. The highest BCUT2D eigenvalue weighted by atomic mass is 16.6. The summed E-state index contributed by atoms with van der Waals surface area (Å²) in [6.45, 7) is 5.75. The second-order valence-electron chi connectivity index (χ2n) is 7.40. The van der Waals surface area contributed by atoms with Crippen LogP contribution in [-0.2, 0) is 15.1 Å². The van der Waals surface area contributed by atoms with Gasteiger partial charge in [0.05, 0.1) is 5.41 Å². The van der Waals surface area contributed by atoms with Gasteiger partial charge in [0, 0.05) is 0 Å². The van der Waals surface area contributed by atoms with Crippen LogP contribution in [0.3, 0.4) is 0 Å². The summed E-state index contributed by atoms with van der Waals surface area (Å²) in [5.41, 5.74) is 0.238. The first-order valence-electron chi connectivity index (χ1n) is 8.13. The average molecular weight is 296 g/mol. The summed E-state index contributed by atoms with van der Waals surface area (Å²) in [5, 5.41) is 2.43. The number of benzene rings is 2. The third-order valence-electron chi connectivity index (χ3n) is 4.59. The first kappa shape index (κ1) is 15.1. The monoisotopic (exact) mass is 296 g/mol.